The number of hydrogen-bond donors (Lipinski definition) is 1. The molecule has 0 aromatic heterocycles. The predicted octanol–water partition coefficient (Wildman–Crippen LogP) is 3.80. The van der Waals surface area contributed by atoms with Gasteiger partial charge in [0.1, 0.15) is 5.82 Å². The van der Waals surface area contributed by atoms with Crippen LogP contribution in [0.25, 0.3) is 0 Å². The SMILES string of the molecule is CC(C)C1CN(Cc2ccc(Br)cc2F)C(C2CC2)CN1. The normalized spacial score (nSPS) is 27.3. The number of nitrogens with zero attached hydrogens (tertiary/aromatic N) is 1. The molecule has 1 aromatic rings. The minimum atomic E-state index is -0.0986. The summed E-state index contributed by atoms with van der Waals surface area (Å²) in [6.45, 7) is 7.31. The van der Waals surface area contributed by atoms with Gasteiger partial charge in [-0.3, -0.25) is 4.90 Å². The fourth-order valence-corrected chi connectivity index (χ4v) is 3.63. The monoisotopic (exact) mass is 354 g/mol. The van der Waals surface area contributed by atoms with Crippen molar-refractivity contribution in [3.05, 3.63) is 34.1 Å². The van der Waals surface area contributed by atoms with E-state index in [2.05, 4.69) is 40.0 Å². The highest BCUT2D eigenvalue weighted by atomic mass is 79.9. The van der Waals surface area contributed by atoms with Crippen LogP contribution in [0, 0.1) is 17.7 Å². The van der Waals surface area contributed by atoms with Gasteiger partial charge < -0.3 is 5.32 Å². The Morgan fingerprint density at radius 2 is 2.14 bits per heavy atom. The first-order valence-corrected chi connectivity index (χ1v) is 8.75. The smallest absolute Gasteiger partial charge is 0.128 e. The Morgan fingerprint density at radius 3 is 2.76 bits per heavy atom. The molecule has 0 spiro atoms. The van der Waals surface area contributed by atoms with Crippen LogP contribution in [-0.2, 0) is 6.54 Å². The molecular formula is C17H24BrFN2. The fraction of sp³-hybridized carbons (Fsp3) is 0.647. The third-order valence-electron chi connectivity index (χ3n) is 4.85. The van der Waals surface area contributed by atoms with Gasteiger partial charge in [-0.05, 0) is 36.8 Å². The van der Waals surface area contributed by atoms with Crippen LogP contribution in [0.5, 0.6) is 0 Å². The van der Waals surface area contributed by atoms with Crippen LogP contribution >= 0.6 is 15.9 Å². The van der Waals surface area contributed by atoms with E-state index in [0.717, 1.165) is 35.6 Å². The Bertz CT molecular complexity index is 502. The fourth-order valence-electron chi connectivity index (χ4n) is 3.30. The van der Waals surface area contributed by atoms with Gasteiger partial charge in [-0.2, -0.15) is 0 Å². The summed E-state index contributed by atoms with van der Waals surface area (Å²) in [6.07, 6.45) is 2.66. The van der Waals surface area contributed by atoms with E-state index in [1.807, 2.05) is 12.1 Å². The van der Waals surface area contributed by atoms with E-state index >= 15 is 0 Å². The zero-order chi connectivity index (χ0) is 15.0. The molecular weight excluding hydrogens is 331 g/mol. The summed E-state index contributed by atoms with van der Waals surface area (Å²) >= 11 is 3.33. The Morgan fingerprint density at radius 1 is 1.38 bits per heavy atom. The van der Waals surface area contributed by atoms with Crippen molar-refractivity contribution in [2.45, 2.75) is 45.3 Å². The molecule has 0 radical (unpaired) electrons. The van der Waals surface area contributed by atoms with E-state index in [1.54, 1.807) is 6.07 Å². The molecule has 116 valence electrons. The van der Waals surface area contributed by atoms with Crippen molar-refractivity contribution in [2.75, 3.05) is 13.1 Å². The van der Waals surface area contributed by atoms with Crippen molar-refractivity contribution < 1.29 is 4.39 Å². The summed E-state index contributed by atoms with van der Waals surface area (Å²) in [4.78, 5) is 2.51. The molecule has 2 atom stereocenters. The second-order valence-electron chi connectivity index (χ2n) is 6.83. The van der Waals surface area contributed by atoms with Gasteiger partial charge >= 0.3 is 0 Å². The number of benzene rings is 1. The molecule has 1 aliphatic carbocycles. The van der Waals surface area contributed by atoms with Crippen LogP contribution in [0.1, 0.15) is 32.3 Å². The second-order valence-corrected chi connectivity index (χ2v) is 7.74. The van der Waals surface area contributed by atoms with Gasteiger partial charge in [0.25, 0.3) is 0 Å². The highest BCUT2D eigenvalue weighted by molar-refractivity contribution is 9.10. The number of hydrogen-bond acceptors (Lipinski definition) is 2. The molecule has 1 heterocycles. The van der Waals surface area contributed by atoms with E-state index in [0.29, 0.717) is 18.0 Å². The third-order valence-corrected chi connectivity index (χ3v) is 5.34. The van der Waals surface area contributed by atoms with Crippen molar-refractivity contribution in [3.8, 4) is 0 Å². The molecule has 1 saturated carbocycles. The number of piperazine rings is 1. The Balaban J connectivity index is 1.75. The lowest BCUT2D eigenvalue weighted by Gasteiger charge is -2.42. The maximum atomic E-state index is 14.1. The molecule has 21 heavy (non-hydrogen) atoms. The second kappa shape index (κ2) is 6.35. The van der Waals surface area contributed by atoms with E-state index in [9.17, 15) is 4.39 Å². The predicted molar refractivity (Wildman–Crippen MR) is 87.7 cm³/mol. The van der Waals surface area contributed by atoms with Crippen molar-refractivity contribution in [1.29, 1.82) is 0 Å². The topological polar surface area (TPSA) is 15.3 Å². The van der Waals surface area contributed by atoms with Gasteiger partial charge in [-0.15, -0.1) is 0 Å². The summed E-state index contributed by atoms with van der Waals surface area (Å²) in [6, 6.07) is 6.51. The summed E-state index contributed by atoms with van der Waals surface area (Å²) in [5, 5.41) is 3.69. The molecule has 0 amide bonds. The van der Waals surface area contributed by atoms with Crippen LogP contribution in [0.3, 0.4) is 0 Å². The average molecular weight is 355 g/mol. The van der Waals surface area contributed by atoms with Gasteiger partial charge in [0.15, 0.2) is 0 Å². The van der Waals surface area contributed by atoms with Gasteiger partial charge in [0.2, 0.25) is 0 Å². The van der Waals surface area contributed by atoms with Crippen molar-refractivity contribution in [3.63, 3.8) is 0 Å². The lowest BCUT2D eigenvalue weighted by Crippen LogP contribution is -2.58. The van der Waals surface area contributed by atoms with Crippen molar-refractivity contribution in [2.24, 2.45) is 11.8 Å². The van der Waals surface area contributed by atoms with Crippen LogP contribution in [0.15, 0.2) is 22.7 Å². The molecule has 2 fully saturated rings. The number of halogens is 2. The summed E-state index contributed by atoms with van der Waals surface area (Å²) < 4.78 is 14.9. The standard InChI is InChI=1S/C17H24BrFN2/c1-11(2)16-10-21(17(8-20-16)12-3-4-12)9-13-5-6-14(18)7-15(13)19/h5-7,11-12,16-17,20H,3-4,8-10H2,1-2H3. The first-order chi connectivity index (χ1) is 10.0. The van der Waals surface area contributed by atoms with Gasteiger partial charge in [-0.25, -0.2) is 4.39 Å². The lowest BCUT2D eigenvalue weighted by molar-refractivity contribution is 0.0915. The molecule has 1 aliphatic heterocycles. The summed E-state index contributed by atoms with van der Waals surface area (Å²) in [7, 11) is 0. The number of nitrogens with one attached hydrogen (secondary N) is 1. The summed E-state index contributed by atoms with van der Waals surface area (Å²) in [5.41, 5.74) is 0.813. The average Bonchev–Trinajstić information content (AvgIpc) is 3.26. The van der Waals surface area contributed by atoms with Crippen molar-refractivity contribution in [1.82, 2.24) is 10.2 Å². The Labute approximate surface area is 135 Å². The van der Waals surface area contributed by atoms with Crippen LogP contribution in [0.2, 0.25) is 0 Å². The Hall–Kier alpha value is -0.450. The van der Waals surface area contributed by atoms with Gasteiger partial charge in [0, 0.05) is 41.8 Å². The zero-order valence-electron chi connectivity index (χ0n) is 12.8. The molecule has 2 unspecified atom stereocenters. The van der Waals surface area contributed by atoms with Gasteiger partial charge in [-0.1, -0.05) is 35.8 Å². The van der Waals surface area contributed by atoms with E-state index in [1.165, 1.54) is 12.8 Å². The molecule has 1 aromatic carbocycles. The van der Waals surface area contributed by atoms with Crippen LogP contribution < -0.4 is 5.32 Å². The molecule has 2 nitrogen and oxygen atoms in total. The first-order valence-electron chi connectivity index (χ1n) is 7.96. The molecule has 1 N–H and O–H groups in total. The Kier molecular flexibility index (Phi) is 4.67. The maximum Gasteiger partial charge on any atom is 0.128 e. The quantitative estimate of drug-likeness (QED) is 0.884. The van der Waals surface area contributed by atoms with Crippen molar-refractivity contribution >= 4 is 15.9 Å². The minimum Gasteiger partial charge on any atom is -0.311 e. The largest absolute Gasteiger partial charge is 0.311 e. The first kappa shape index (κ1) is 15.4. The van der Waals surface area contributed by atoms with Gasteiger partial charge in [0.05, 0.1) is 0 Å². The zero-order valence-corrected chi connectivity index (χ0v) is 14.4. The molecule has 1 saturated heterocycles. The number of rotatable bonds is 4. The third kappa shape index (κ3) is 3.66. The molecule has 4 heteroatoms. The lowest BCUT2D eigenvalue weighted by atomic mass is 9.97. The maximum absolute atomic E-state index is 14.1. The molecule has 2 aliphatic rings. The van der Waals surface area contributed by atoms with Crippen LogP contribution in [-0.4, -0.2) is 30.1 Å². The molecule has 3 rings (SSSR count). The molecule has 0 bridgehead atoms. The van der Waals surface area contributed by atoms with Crippen LogP contribution in [0.4, 0.5) is 4.39 Å². The summed E-state index contributed by atoms with van der Waals surface area (Å²) in [5.74, 6) is 1.32. The highest BCUT2D eigenvalue weighted by Gasteiger charge is 2.39. The van der Waals surface area contributed by atoms with E-state index in [4.69, 9.17) is 0 Å². The minimum absolute atomic E-state index is 0.0986. The highest BCUT2D eigenvalue weighted by Crippen LogP contribution is 2.37. The van der Waals surface area contributed by atoms with E-state index in [-0.39, 0.29) is 5.82 Å². The van der Waals surface area contributed by atoms with E-state index < -0.39 is 0 Å².